The van der Waals surface area contributed by atoms with E-state index < -0.39 is 5.82 Å². The molecule has 1 amide bonds. The number of hydrogen-bond acceptors (Lipinski definition) is 4. The van der Waals surface area contributed by atoms with Crippen molar-refractivity contribution in [2.75, 3.05) is 19.7 Å². The van der Waals surface area contributed by atoms with Crippen LogP contribution >= 0.6 is 12.1 Å². The summed E-state index contributed by atoms with van der Waals surface area (Å²) in [6, 6.07) is 3.15. The molecule has 0 aromatic heterocycles. The molecule has 1 aromatic rings. The van der Waals surface area contributed by atoms with Gasteiger partial charge in [0.15, 0.2) is 0 Å². The molecule has 0 atom stereocenters. The predicted octanol–water partition coefficient (Wildman–Crippen LogP) is 4.66. The Bertz CT molecular complexity index is 655. The highest BCUT2D eigenvalue weighted by Crippen LogP contribution is 2.45. The van der Waals surface area contributed by atoms with Gasteiger partial charge in [0.25, 0.3) is 5.91 Å². The normalized spacial score (nSPS) is 21.3. The quantitative estimate of drug-likeness (QED) is 0.701. The lowest BCUT2D eigenvalue weighted by Crippen LogP contribution is -2.35. The summed E-state index contributed by atoms with van der Waals surface area (Å²) in [5, 5.41) is 0. The average Bonchev–Trinajstić information content (AvgIpc) is 3.44. The van der Waals surface area contributed by atoms with Crippen molar-refractivity contribution in [3.63, 3.8) is 0 Å². The lowest BCUT2D eigenvalue weighted by molar-refractivity contribution is 0.0978. The van der Waals surface area contributed by atoms with E-state index in [2.05, 4.69) is 9.03 Å². The van der Waals surface area contributed by atoms with Gasteiger partial charge in [-0.3, -0.25) is 9.52 Å². The monoisotopic (exact) mass is 378 g/mol. The van der Waals surface area contributed by atoms with Gasteiger partial charge in [-0.2, -0.15) is 0 Å². The van der Waals surface area contributed by atoms with E-state index in [9.17, 15) is 9.18 Å². The van der Waals surface area contributed by atoms with Crippen LogP contribution in [0.5, 0.6) is 5.75 Å². The summed E-state index contributed by atoms with van der Waals surface area (Å²) < 4.78 is 25.4. The predicted molar refractivity (Wildman–Crippen MR) is 102 cm³/mol. The maximum absolute atomic E-state index is 14.6. The molecule has 0 radical (unpaired) electrons. The van der Waals surface area contributed by atoms with Crippen molar-refractivity contribution < 1.29 is 13.9 Å². The zero-order chi connectivity index (χ0) is 17.9. The van der Waals surface area contributed by atoms with Crippen molar-refractivity contribution >= 4 is 18.0 Å². The summed E-state index contributed by atoms with van der Waals surface area (Å²) in [4.78, 5) is 12.4. The van der Waals surface area contributed by atoms with Crippen LogP contribution in [0.3, 0.4) is 0 Å². The van der Waals surface area contributed by atoms with Crippen LogP contribution in [0.25, 0.3) is 0 Å². The van der Waals surface area contributed by atoms with E-state index in [1.807, 2.05) is 0 Å². The van der Waals surface area contributed by atoms with Crippen molar-refractivity contribution in [3.05, 3.63) is 29.1 Å². The maximum Gasteiger partial charge on any atom is 0.265 e. The Labute approximate surface area is 159 Å². The Hall–Kier alpha value is -1.27. The Kier molecular flexibility index (Phi) is 5.69. The van der Waals surface area contributed by atoms with Gasteiger partial charge in [0.1, 0.15) is 11.6 Å². The minimum Gasteiger partial charge on any atom is -0.493 e. The van der Waals surface area contributed by atoms with Gasteiger partial charge < -0.3 is 4.74 Å². The second kappa shape index (κ2) is 8.17. The summed E-state index contributed by atoms with van der Waals surface area (Å²) in [6.45, 7) is 2.60. The molecule has 0 bridgehead atoms. The maximum atomic E-state index is 14.6. The molecule has 1 heterocycles. The molecule has 2 aliphatic carbocycles. The molecule has 0 spiro atoms. The third kappa shape index (κ3) is 4.34. The fraction of sp³-hybridized carbons (Fsp3) is 0.650. The van der Waals surface area contributed by atoms with Crippen molar-refractivity contribution in [1.29, 1.82) is 0 Å². The van der Waals surface area contributed by atoms with Gasteiger partial charge in [-0.05, 0) is 55.6 Å². The van der Waals surface area contributed by atoms with Gasteiger partial charge in [0.05, 0.1) is 12.2 Å². The minimum atomic E-state index is -0.491. The summed E-state index contributed by atoms with van der Waals surface area (Å²) in [6.07, 6.45) is 9.60. The molecule has 1 N–H and O–H groups in total. The molecule has 3 fully saturated rings. The molecule has 1 aliphatic heterocycles. The first kappa shape index (κ1) is 18.1. The van der Waals surface area contributed by atoms with Gasteiger partial charge in [-0.25, -0.2) is 8.70 Å². The van der Waals surface area contributed by atoms with Crippen molar-refractivity contribution in [2.24, 2.45) is 5.92 Å². The molecule has 1 saturated heterocycles. The number of carbonyl (C=O) groups excluding carboxylic acids is 1. The Balaban J connectivity index is 1.44. The number of hydrogen-bond donors (Lipinski definition) is 1. The fourth-order valence-electron chi connectivity index (χ4n) is 3.69. The zero-order valence-electron chi connectivity index (χ0n) is 15.1. The summed E-state index contributed by atoms with van der Waals surface area (Å²) in [5.41, 5.74) is 1.13. The van der Waals surface area contributed by atoms with Crippen LogP contribution in [-0.4, -0.2) is 29.9 Å². The van der Waals surface area contributed by atoms with Crippen LogP contribution in [-0.2, 0) is 0 Å². The first-order chi connectivity index (χ1) is 12.7. The third-order valence-corrected chi connectivity index (χ3v) is 6.54. The van der Waals surface area contributed by atoms with Crippen molar-refractivity contribution in [2.45, 2.75) is 57.3 Å². The average molecular weight is 379 g/mol. The molecule has 6 heteroatoms. The van der Waals surface area contributed by atoms with Crippen molar-refractivity contribution in [3.8, 4) is 5.75 Å². The number of benzene rings is 1. The van der Waals surface area contributed by atoms with Gasteiger partial charge >= 0.3 is 0 Å². The first-order valence-corrected chi connectivity index (χ1v) is 10.7. The van der Waals surface area contributed by atoms with Crippen LogP contribution in [0.1, 0.15) is 73.2 Å². The lowest BCUT2D eigenvalue weighted by atomic mass is 9.90. The van der Waals surface area contributed by atoms with Crippen LogP contribution in [0.2, 0.25) is 0 Å². The van der Waals surface area contributed by atoms with E-state index in [0.717, 1.165) is 37.9 Å². The summed E-state index contributed by atoms with van der Waals surface area (Å²) in [7, 11) is 0. The zero-order valence-corrected chi connectivity index (χ0v) is 16.0. The van der Waals surface area contributed by atoms with Gasteiger partial charge in [-0.15, -0.1) is 0 Å². The number of carbonyl (C=O) groups is 1. The number of rotatable bonds is 7. The Morgan fingerprint density at radius 1 is 1.15 bits per heavy atom. The third-order valence-electron chi connectivity index (χ3n) is 5.64. The highest BCUT2D eigenvalue weighted by atomic mass is 32.2. The molecular formula is C20H27FN2O2S. The number of amides is 1. The fourth-order valence-corrected chi connectivity index (χ4v) is 4.45. The topological polar surface area (TPSA) is 41.6 Å². The van der Waals surface area contributed by atoms with E-state index in [1.165, 1.54) is 50.3 Å². The highest BCUT2D eigenvalue weighted by molar-refractivity contribution is 7.95. The largest absolute Gasteiger partial charge is 0.493 e. The van der Waals surface area contributed by atoms with E-state index in [0.29, 0.717) is 24.2 Å². The molecule has 26 heavy (non-hydrogen) atoms. The summed E-state index contributed by atoms with van der Waals surface area (Å²) >= 11 is 1.27. The number of nitrogens with zero attached hydrogens (tertiary/aromatic N) is 1. The number of ether oxygens (including phenoxy) is 1. The molecule has 4 nitrogen and oxygen atoms in total. The van der Waals surface area contributed by atoms with Crippen LogP contribution in [0.4, 0.5) is 4.39 Å². The molecular weight excluding hydrogens is 351 g/mol. The SMILES string of the molecule is O=C(NSN1CCC1)c1cc(C2CC2)c(OCC2CCCCC2)cc1F. The Morgan fingerprint density at radius 3 is 2.58 bits per heavy atom. The van der Waals surface area contributed by atoms with E-state index in [-0.39, 0.29) is 11.5 Å². The number of nitrogens with one attached hydrogen (secondary N) is 1. The van der Waals surface area contributed by atoms with E-state index in [4.69, 9.17) is 4.74 Å². The van der Waals surface area contributed by atoms with Gasteiger partial charge in [0.2, 0.25) is 0 Å². The standard InChI is InChI=1S/C20H27FN2O2S/c21-18-12-19(25-13-14-5-2-1-3-6-14)16(15-7-8-15)11-17(18)20(24)22-26-23-9-4-10-23/h11-12,14-15H,1-10,13H2,(H,22,24). The highest BCUT2D eigenvalue weighted by Gasteiger charge is 2.30. The molecule has 3 aliphatic rings. The van der Waals surface area contributed by atoms with E-state index in [1.54, 1.807) is 6.07 Å². The lowest BCUT2D eigenvalue weighted by Gasteiger charge is -2.28. The van der Waals surface area contributed by atoms with Gasteiger partial charge in [0, 0.05) is 31.3 Å². The molecule has 0 unspecified atom stereocenters. The minimum absolute atomic E-state index is 0.130. The molecule has 2 saturated carbocycles. The van der Waals surface area contributed by atoms with Gasteiger partial charge in [-0.1, -0.05) is 19.3 Å². The molecule has 4 rings (SSSR count). The second-order valence-corrected chi connectivity index (χ2v) is 8.67. The van der Waals surface area contributed by atoms with Crippen LogP contribution in [0.15, 0.2) is 12.1 Å². The van der Waals surface area contributed by atoms with Crippen LogP contribution < -0.4 is 9.46 Å². The van der Waals surface area contributed by atoms with Crippen LogP contribution in [0, 0.1) is 11.7 Å². The van der Waals surface area contributed by atoms with E-state index >= 15 is 0 Å². The molecule has 1 aromatic carbocycles. The second-order valence-electron chi connectivity index (χ2n) is 7.76. The number of halogens is 1. The molecule has 142 valence electrons. The first-order valence-electron chi connectivity index (χ1n) is 9.89. The smallest absolute Gasteiger partial charge is 0.265 e. The van der Waals surface area contributed by atoms with Crippen molar-refractivity contribution in [1.82, 2.24) is 9.03 Å². The summed E-state index contributed by atoms with van der Waals surface area (Å²) in [5.74, 6) is 0.777. The Morgan fingerprint density at radius 2 is 1.92 bits per heavy atom.